The second-order valence-electron chi connectivity index (χ2n) is 5.83. The zero-order chi connectivity index (χ0) is 15.6. The molecule has 1 atom stereocenters. The number of aromatic nitrogens is 2. The Morgan fingerprint density at radius 3 is 2.57 bits per heavy atom. The van der Waals surface area contributed by atoms with Gasteiger partial charge in [-0.2, -0.15) is 0 Å². The molecule has 0 amide bonds. The summed E-state index contributed by atoms with van der Waals surface area (Å²) in [5, 5.41) is -0.133. The molecule has 2 aromatic rings. The van der Waals surface area contributed by atoms with Crippen LogP contribution in [0, 0.1) is 0 Å². The third kappa shape index (κ3) is 3.69. The summed E-state index contributed by atoms with van der Waals surface area (Å²) >= 11 is 6.32. The van der Waals surface area contributed by atoms with E-state index in [1.807, 2.05) is 32.9 Å². The van der Waals surface area contributed by atoms with Crippen molar-refractivity contribution in [2.24, 2.45) is 0 Å². The number of ether oxygens (including phenoxy) is 1. The third-order valence-corrected chi connectivity index (χ3v) is 3.46. The minimum atomic E-state index is -0.133. The van der Waals surface area contributed by atoms with Crippen LogP contribution in [-0.2, 0) is 6.54 Å². The molecule has 1 aromatic carbocycles. The Morgan fingerprint density at radius 2 is 2.00 bits per heavy atom. The van der Waals surface area contributed by atoms with Gasteiger partial charge in [-0.25, -0.2) is 4.98 Å². The first kappa shape index (κ1) is 16.1. The van der Waals surface area contributed by atoms with Gasteiger partial charge in [0, 0.05) is 13.1 Å². The summed E-state index contributed by atoms with van der Waals surface area (Å²) in [4.78, 5) is 6.89. The number of alkyl halides is 1. The Labute approximate surface area is 131 Å². The first-order valence-electron chi connectivity index (χ1n) is 7.34. The molecular weight excluding hydrogens is 286 g/mol. The summed E-state index contributed by atoms with van der Waals surface area (Å²) in [6.07, 6.45) is 0.124. The first-order chi connectivity index (χ1) is 9.90. The van der Waals surface area contributed by atoms with Crippen LogP contribution in [0.3, 0.4) is 0 Å². The van der Waals surface area contributed by atoms with Crippen LogP contribution in [0.1, 0.15) is 32.0 Å². The largest absolute Gasteiger partial charge is 0.489 e. The van der Waals surface area contributed by atoms with Gasteiger partial charge in [0.1, 0.15) is 17.1 Å². The van der Waals surface area contributed by atoms with E-state index in [-0.39, 0.29) is 11.5 Å². The second-order valence-corrected chi connectivity index (χ2v) is 6.49. The smallest absolute Gasteiger partial charge is 0.147 e. The van der Waals surface area contributed by atoms with Crippen molar-refractivity contribution in [1.29, 1.82) is 0 Å². The molecule has 4 nitrogen and oxygen atoms in total. The van der Waals surface area contributed by atoms with E-state index in [9.17, 15) is 0 Å². The van der Waals surface area contributed by atoms with Crippen molar-refractivity contribution in [3.8, 4) is 5.75 Å². The zero-order valence-corrected chi connectivity index (χ0v) is 14.2. The lowest BCUT2D eigenvalue weighted by Gasteiger charge is -2.14. The maximum absolute atomic E-state index is 6.32. The monoisotopic (exact) mass is 309 g/mol. The van der Waals surface area contributed by atoms with Gasteiger partial charge in [0.05, 0.1) is 17.0 Å². The molecule has 0 aliphatic rings. The normalized spacial score (nSPS) is 13.3. The molecule has 5 heteroatoms. The summed E-state index contributed by atoms with van der Waals surface area (Å²) in [5.74, 6) is 1.72. The SMILES string of the molecule is CC(C)Oc1cccc2c1nc(C(C)Cl)n2CCN(C)C. The van der Waals surface area contributed by atoms with Crippen molar-refractivity contribution in [2.45, 2.75) is 38.8 Å². The number of para-hydroxylation sites is 1. The highest BCUT2D eigenvalue weighted by Gasteiger charge is 2.18. The van der Waals surface area contributed by atoms with Crippen LogP contribution in [0.4, 0.5) is 0 Å². The average molecular weight is 310 g/mol. The van der Waals surface area contributed by atoms with Gasteiger partial charge >= 0.3 is 0 Å². The van der Waals surface area contributed by atoms with Crippen LogP contribution in [0.5, 0.6) is 5.75 Å². The molecule has 0 fully saturated rings. The third-order valence-electron chi connectivity index (χ3n) is 3.26. The van der Waals surface area contributed by atoms with Crippen LogP contribution in [0.15, 0.2) is 18.2 Å². The van der Waals surface area contributed by atoms with Crippen LogP contribution in [0.25, 0.3) is 11.0 Å². The molecule has 0 saturated heterocycles. The van der Waals surface area contributed by atoms with Gasteiger partial charge in [0.15, 0.2) is 0 Å². The van der Waals surface area contributed by atoms with Crippen molar-refractivity contribution in [2.75, 3.05) is 20.6 Å². The highest BCUT2D eigenvalue weighted by Crippen LogP contribution is 2.30. The van der Waals surface area contributed by atoms with Gasteiger partial charge in [0.2, 0.25) is 0 Å². The summed E-state index contributed by atoms with van der Waals surface area (Å²) in [7, 11) is 4.13. The molecule has 0 aliphatic carbocycles. The number of hydrogen-bond acceptors (Lipinski definition) is 3. The lowest BCUT2D eigenvalue weighted by Crippen LogP contribution is -2.19. The number of imidazole rings is 1. The molecule has 0 spiro atoms. The standard InChI is InChI=1S/C16H24ClN3O/c1-11(2)21-14-8-6-7-13-15(14)18-16(12(3)17)20(13)10-9-19(4)5/h6-8,11-12H,9-10H2,1-5H3. The lowest BCUT2D eigenvalue weighted by atomic mass is 10.3. The Kier molecular flexibility index (Phi) is 5.12. The van der Waals surface area contributed by atoms with Gasteiger partial charge in [0.25, 0.3) is 0 Å². The van der Waals surface area contributed by atoms with Crippen LogP contribution in [0.2, 0.25) is 0 Å². The van der Waals surface area contributed by atoms with E-state index in [1.54, 1.807) is 0 Å². The van der Waals surface area contributed by atoms with Gasteiger partial charge in [-0.1, -0.05) is 6.07 Å². The average Bonchev–Trinajstić information content (AvgIpc) is 2.75. The molecule has 0 N–H and O–H groups in total. The Hall–Kier alpha value is -1.26. The fourth-order valence-corrected chi connectivity index (χ4v) is 2.49. The summed E-state index contributed by atoms with van der Waals surface area (Å²) in [6.45, 7) is 7.80. The first-order valence-corrected chi connectivity index (χ1v) is 7.78. The molecule has 0 saturated carbocycles. The Balaban J connectivity index is 2.51. The summed E-state index contributed by atoms with van der Waals surface area (Å²) < 4.78 is 8.07. The zero-order valence-electron chi connectivity index (χ0n) is 13.4. The molecule has 0 radical (unpaired) electrons. The van der Waals surface area contributed by atoms with E-state index >= 15 is 0 Å². The van der Waals surface area contributed by atoms with E-state index in [1.165, 1.54) is 0 Å². The molecule has 0 aliphatic heterocycles. The van der Waals surface area contributed by atoms with Gasteiger partial charge in [-0.15, -0.1) is 11.6 Å². The number of hydrogen-bond donors (Lipinski definition) is 0. The van der Waals surface area contributed by atoms with E-state index in [0.717, 1.165) is 35.7 Å². The lowest BCUT2D eigenvalue weighted by molar-refractivity contribution is 0.245. The van der Waals surface area contributed by atoms with Crippen LogP contribution in [-0.4, -0.2) is 41.2 Å². The quantitative estimate of drug-likeness (QED) is 0.762. The number of fused-ring (bicyclic) bond motifs is 1. The highest BCUT2D eigenvalue weighted by molar-refractivity contribution is 6.20. The summed E-state index contributed by atoms with van der Waals surface area (Å²) in [6, 6.07) is 6.05. The number of rotatable bonds is 6. The van der Waals surface area contributed by atoms with Gasteiger partial charge in [-0.05, 0) is 47.0 Å². The van der Waals surface area contributed by atoms with Crippen LogP contribution >= 0.6 is 11.6 Å². The molecule has 1 unspecified atom stereocenters. The topological polar surface area (TPSA) is 30.3 Å². The molecular formula is C16H24ClN3O. The molecule has 21 heavy (non-hydrogen) atoms. The van der Waals surface area contributed by atoms with Crippen molar-refractivity contribution >= 4 is 22.6 Å². The summed E-state index contributed by atoms with van der Waals surface area (Å²) in [5.41, 5.74) is 1.98. The second kappa shape index (κ2) is 6.67. The Morgan fingerprint density at radius 1 is 1.29 bits per heavy atom. The fourth-order valence-electron chi connectivity index (χ4n) is 2.33. The molecule has 1 heterocycles. The fraction of sp³-hybridized carbons (Fsp3) is 0.562. The maximum Gasteiger partial charge on any atom is 0.147 e. The molecule has 0 bridgehead atoms. The number of halogens is 1. The minimum Gasteiger partial charge on any atom is -0.489 e. The highest BCUT2D eigenvalue weighted by atomic mass is 35.5. The molecule has 116 valence electrons. The Bertz CT molecular complexity index is 605. The van der Waals surface area contributed by atoms with Crippen molar-refractivity contribution < 1.29 is 4.74 Å². The van der Waals surface area contributed by atoms with Crippen molar-refractivity contribution in [3.05, 3.63) is 24.0 Å². The van der Waals surface area contributed by atoms with E-state index in [0.29, 0.717) is 0 Å². The number of benzene rings is 1. The maximum atomic E-state index is 6.32. The van der Waals surface area contributed by atoms with Gasteiger partial charge in [-0.3, -0.25) is 0 Å². The predicted octanol–water partition coefficient (Wildman–Crippen LogP) is 3.68. The van der Waals surface area contributed by atoms with E-state index < -0.39 is 0 Å². The van der Waals surface area contributed by atoms with E-state index in [2.05, 4.69) is 29.6 Å². The van der Waals surface area contributed by atoms with Crippen molar-refractivity contribution in [1.82, 2.24) is 14.5 Å². The molecule has 2 rings (SSSR count). The molecule has 1 aromatic heterocycles. The number of nitrogens with zero attached hydrogens (tertiary/aromatic N) is 3. The minimum absolute atomic E-state index is 0.124. The number of likely N-dealkylation sites (N-methyl/N-ethyl adjacent to an activating group) is 1. The van der Waals surface area contributed by atoms with E-state index in [4.69, 9.17) is 21.3 Å². The van der Waals surface area contributed by atoms with Gasteiger partial charge < -0.3 is 14.2 Å². The predicted molar refractivity (Wildman–Crippen MR) is 88.3 cm³/mol. The van der Waals surface area contributed by atoms with Crippen LogP contribution < -0.4 is 4.74 Å². The van der Waals surface area contributed by atoms with Crippen molar-refractivity contribution in [3.63, 3.8) is 0 Å².